The van der Waals surface area contributed by atoms with Crippen LogP contribution in [-0.2, 0) is 0 Å². The van der Waals surface area contributed by atoms with Gasteiger partial charge < -0.3 is 4.74 Å². The Morgan fingerprint density at radius 2 is 1.88 bits per heavy atom. The summed E-state index contributed by atoms with van der Waals surface area (Å²) in [4.78, 5) is 7.49. The highest BCUT2D eigenvalue weighted by Gasteiger charge is 2.09. The highest BCUT2D eigenvalue weighted by Crippen LogP contribution is 2.22. The van der Waals surface area contributed by atoms with Gasteiger partial charge in [-0.05, 0) is 12.1 Å². The topological polar surface area (TPSA) is 58.8 Å². The molecule has 84 valence electrons. The van der Waals surface area contributed by atoms with E-state index >= 15 is 0 Å². The lowest BCUT2D eigenvalue weighted by Gasteiger charge is -2.05. The highest BCUT2D eigenvalue weighted by molar-refractivity contribution is 5.35. The summed E-state index contributed by atoms with van der Waals surface area (Å²) in [6, 6.07) is 4.80. The lowest BCUT2D eigenvalue weighted by atomic mass is 10.3. The minimum atomic E-state index is -1.04. The maximum Gasteiger partial charge on any atom is 0.256 e. The Labute approximate surface area is 95.1 Å². The first-order chi connectivity index (χ1) is 8.20. The van der Waals surface area contributed by atoms with E-state index in [-0.39, 0.29) is 17.3 Å². The van der Waals surface area contributed by atoms with Crippen LogP contribution in [0.5, 0.6) is 11.6 Å². The van der Waals surface area contributed by atoms with E-state index in [1.807, 2.05) is 0 Å². The SMILES string of the molecule is N#Cc1nccnc1Oc1ccc(F)c(F)c1. The lowest BCUT2D eigenvalue weighted by molar-refractivity contribution is 0.444. The van der Waals surface area contributed by atoms with Gasteiger partial charge in [-0.15, -0.1) is 0 Å². The van der Waals surface area contributed by atoms with Crippen LogP contribution < -0.4 is 4.74 Å². The fourth-order valence-corrected chi connectivity index (χ4v) is 1.13. The summed E-state index contributed by atoms with van der Waals surface area (Å²) >= 11 is 0. The fourth-order valence-electron chi connectivity index (χ4n) is 1.13. The second-order valence-electron chi connectivity index (χ2n) is 3.00. The standard InChI is InChI=1S/C11H5F2N3O/c12-8-2-1-7(5-9(8)13)17-11-10(6-14)15-3-4-16-11/h1-5H. The van der Waals surface area contributed by atoms with E-state index in [9.17, 15) is 8.78 Å². The molecule has 0 amide bonds. The van der Waals surface area contributed by atoms with E-state index < -0.39 is 11.6 Å². The van der Waals surface area contributed by atoms with Crippen LogP contribution in [0.3, 0.4) is 0 Å². The fraction of sp³-hybridized carbons (Fsp3) is 0. The molecule has 2 rings (SSSR count). The predicted octanol–water partition coefficient (Wildman–Crippen LogP) is 2.42. The van der Waals surface area contributed by atoms with Crippen molar-refractivity contribution in [2.75, 3.05) is 0 Å². The number of benzene rings is 1. The minimum absolute atomic E-state index is 0.0303. The summed E-state index contributed by atoms with van der Waals surface area (Å²) in [5, 5.41) is 8.73. The summed E-state index contributed by atoms with van der Waals surface area (Å²) in [6.45, 7) is 0. The number of ether oxygens (including phenoxy) is 1. The molecule has 6 heteroatoms. The van der Waals surface area contributed by atoms with Crippen LogP contribution in [0.15, 0.2) is 30.6 Å². The molecule has 0 N–H and O–H groups in total. The molecule has 0 aliphatic rings. The van der Waals surface area contributed by atoms with Crippen LogP contribution in [0.2, 0.25) is 0 Å². The number of aromatic nitrogens is 2. The van der Waals surface area contributed by atoms with Gasteiger partial charge in [0.05, 0.1) is 0 Å². The van der Waals surface area contributed by atoms with Crippen molar-refractivity contribution >= 4 is 0 Å². The first-order valence-electron chi connectivity index (χ1n) is 4.54. The van der Waals surface area contributed by atoms with Gasteiger partial charge >= 0.3 is 0 Å². The number of nitriles is 1. The van der Waals surface area contributed by atoms with Gasteiger partial charge in [-0.2, -0.15) is 5.26 Å². The summed E-state index contributed by atoms with van der Waals surface area (Å²) in [7, 11) is 0. The van der Waals surface area contributed by atoms with Crippen LogP contribution in [-0.4, -0.2) is 9.97 Å². The highest BCUT2D eigenvalue weighted by atomic mass is 19.2. The molecule has 0 aliphatic heterocycles. The van der Waals surface area contributed by atoms with Gasteiger partial charge in [0, 0.05) is 18.5 Å². The van der Waals surface area contributed by atoms with E-state index in [0.29, 0.717) is 0 Å². The zero-order valence-corrected chi connectivity index (χ0v) is 8.39. The Morgan fingerprint density at radius 1 is 1.12 bits per heavy atom. The van der Waals surface area contributed by atoms with Gasteiger partial charge in [0.1, 0.15) is 11.8 Å². The van der Waals surface area contributed by atoms with E-state index in [1.165, 1.54) is 18.5 Å². The molecule has 0 unspecified atom stereocenters. The maximum atomic E-state index is 12.9. The Morgan fingerprint density at radius 3 is 2.59 bits per heavy atom. The molecule has 0 spiro atoms. The molecule has 4 nitrogen and oxygen atoms in total. The average Bonchev–Trinajstić information content (AvgIpc) is 2.34. The quantitative estimate of drug-likeness (QED) is 0.799. The van der Waals surface area contributed by atoms with Gasteiger partial charge in [-0.25, -0.2) is 18.7 Å². The van der Waals surface area contributed by atoms with Crippen molar-refractivity contribution in [3.63, 3.8) is 0 Å². The molecular weight excluding hydrogens is 228 g/mol. The second kappa shape index (κ2) is 4.53. The van der Waals surface area contributed by atoms with Crippen LogP contribution in [0.25, 0.3) is 0 Å². The van der Waals surface area contributed by atoms with Crippen LogP contribution in [0.4, 0.5) is 8.78 Å². The normalized spacial score (nSPS) is 9.71. The molecule has 0 saturated heterocycles. The first-order valence-corrected chi connectivity index (χ1v) is 4.54. The van der Waals surface area contributed by atoms with Crippen molar-refractivity contribution in [1.82, 2.24) is 9.97 Å². The zero-order chi connectivity index (χ0) is 12.3. The van der Waals surface area contributed by atoms with Gasteiger partial charge in [0.15, 0.2) is 11.6 Å². The Bertz CT molecular complexity index is 596. The van der Waals surface area contributed by atoms with Crippen LogP contribution in [0, 0.1) is 23.0 Å². The molecule has 17 heavy (non-hydrogen) atoms. The molecule has 0 saturated carbocycles. The van der Waals surface area contributed by atoms with Crippen molar-refractivity contribution in [2.24, 2.45) is 0 Å². The number of rotatable bonds is 2. The molecule has 0 radical (unpaired) electrons. The Kier molecular flexibility index (Phi) is 2.92. The van der Waals surface area contributed by atoms with E-state index in [2.05, 4.69) is 9.97 Å². The van der Waals surface area contributed by atoms with Crippen LogP contribution in [0.1, 0.15) is 5.69 Å². The molecule has 1 aromatic heterocycles. The third kappa shape index (κ3) is 2.34. The molecule has 1 aromatic carbocycles. The average molecular weight is 233 g/mol. The third-order valence-electron chi connectivity index (χ3n) is 1.88. The summed E-state index contributed by atoms with van der Waals surface area (Å²) < 4.78 is 30.7. The maximum absolute atomic E-state index is 12.9. The molecule has 0 bridgehead atoms. The van der Waals surface area contributed by atoms with Gasteiger partial charge in [-0.3, -0.25) is 0 Å². The molecule has 0 atom stereocenters. The van der Waals surface area contributed by atoms with Gasteiger partial charge in [-0.1, -0.05) is 0 Å². The zero-order valence-electron chi connectivity index (χ0n) is 8.39. The van der Waals surface area contributed by atoms with Crippen molar-refractivity contribution in [3.8, 4) is 17.7 Å². The second-order valence-corrected chi connectivity index (χ2v) is 3.00. The lowest BCUT2D eigenvalue weighted by Crippen LogP contribution is -1.95. The summed E-state index contributed by atoms with van der Waals surface area (Å²) in [5.74, 6) is -2.02. The summed E-state index contributed by atoms with van der Waals surface area (Å²) in [6.07, 6.45) is 2.66. The van der Waals surface area contributed by atoms with E-state index in [1.54, 1.807) is 6.07 Å². The number of halogens is 2. The summed E-state index contributed by atoms with van der Waals surface area (Å²) in [5.41, 5.74) is -0.0303. The van der Waals surface area contributed by atoms with E-state index in [0.717, 1.165) is 12.1 Å². The smallest absolute Gasteiger partial charge is 0.256 e. The molecule has 0 aliphatic carbocycles. The Hall–Kier alpha value is -2.55. The predicted molar refractivity (Wildman–Crippen MR) is 53.2 cm³/mol. The van der Waals surface area contributed by atoms with Crippen molar-refractivity contribution in [2.45, 2.75) is 0 Å². The van der Waals surface area contributed by atoms with Crippen molar-refractivity contribution in [3.05, 3.63) is 47.9 Å². The monoisotopic (exact) mass is 233 g/mol. The number of hydrogen-bond donors (Lipinski definition) is 0. The molecule has 1 heterocycles. The van der Waals surface area contributed by atoms with Crippen LogP contribution >= 0.6 is 0 Å². The van der Waals surface area contributed by atoms with Gasteiger partial charge in [0.25, 0.3) is 5.88 Å². The first kappa shape index (κ1) is 11.0. The van der Waals surface area contributed by atoms with E-state index in [4.69, 9.17) is 10.00 Å². The van der Waals surface area contributed by atoms with Crippen molar-refractivity contribution in [1.29, 1.82) is 5.26 Å². The number of nitrogens with zero attached hydrogens (tertiary/aromatic N) is 3. The Balaban J connectivity index is 2.32. The largest absolute Gasteiger partial charge is 0.436 e. The third-order valence-corrected chi connectivity index (χ3v) is 1.88. The van der Waals surface area contributed by atoms with Gasteiger partial charge in [0.2, 0.25) is 5.69 Å². The molecule has 0 fully saturated rings. The molecular formula is C11H5F2N3O. The minimum Gasteiger partial charge on any atom is -0.436 e. The number of hydrogen-bond acceptors (Lipinski definition) is 4. The van der Waals surface area contributed by atoms with Crippen molar-refractivity contribution < 1.29 is 13.5 Å². The molecule has 2 aromatic rings.